The van der Waals surface area contributed by atoms with Gasteiger partial charge in [0.2, 0.25) is 0 Å². The average molecular weight is 289 g/mol. The fraction of sp³-hybridized carbons (Fsp3) is 0.667. The summed E-state index contributed by atoms with van der Waals surface area (Å²) < 4.78 is 12.3. The molecule has 2 heterocycles. The summed E-state index contributed by atoms with van der Waals surface area (Å²) in [4.78, 5) is 0. The lowest BCUT2D eigenvalue weighted by molar-refractivity contribution is -0.231. The van der Waals surface area contributed by atoms with Crippen molar-refractivity contribution in [1.29, 1.82) is 0 Å². The van der Waals surface area contributed by atoms with Crippen molar-refractivity contribution in [3.8, 4) is 0 Å². The first-order chi connectivity index (χ1) is 10.3. The van der Waals surface area contributed by atoms with Gasteiger partial charge in [-0.15, -0.1) is 0 Å². The van der Waals surface area contributed by atoms with Gasteiger partial charge in [-0.2, -0.15) is 0 Å². The highest BCUT2D eigenvalue weighted by Gasteiger charge is 2.46. The van der Waals surface area contributed by atoms with Gasteiger partial charge >= 0.3 is 0 Å². The molecule has 3 rings (SSSR count). The molecule has 0 aliphatic carbocycles. The molecule has 2 aliphatic heterocycles. The summed E-state index contributed by atoms with van der Waals surface area (Å²) >= 11 is 0. The smallest absolute Gasteiger partial charge is 0.165 e. The van der Waals surface area contributed by atoms with Crippen molar-refractivity contribution in [2.24, 2.45) is 0 Å². The van der Waals surface area contributed by atoms with Crippen molar-refractivity contribution in [3.63, 3.8) is 0 Å². The molecule has 3 heteroatoms. The lowest BCUT2D eigenvalue weighted by Gasteiger charge is -2.47. The lowest BCUT2D eigenvalue weighted by Crippen LogP contribution is -2.52. The fourth-order valence-electron chi connectivity index (χ4n) is 3.89. The second-order valence-electron chi connectivity index (χ2n) is 6.33. The second kappa shape index (κ2) is 6.47. The van der Waals surface area contributed by atoms with Crippen LogP contribution in [0.5, 0.6) is 0 Å². The van der Waals surface area contributed by atoms with Gasteiger partial charge in [0.05, 0.1) is 0 Å². The van der Waals surface area contributed by atoms with Gasteiger partial charge in [0.25, 0.3) is 0 Å². The first-order valence-electron chi connectivity index (χ1n) is 8.31. The number of rotatable bonds is 4. The third-order valence-corrected chi connectivity index (χ3v) is 4.97. The molecule has 0 radical (unpaired) electrons. The SMILES string of the molecule is CCCCC1c2ccccc2C2(CCCNC2)OC1OC. The Hall–Kier alpha value is -0.900. The molecule has 1 aromatic carbocycles. The number of ether oxygens (including phenoxy) is 2. The van der Waals surface area contributed by atoms with Crippen molar-refractivity contribution in [3.05, 3.63) is 35.4 Å². The predicted molar refractivity (Wildman–Crippen MR) is 84.4 cm³/mol. The highest BCUT2D eigenvalue weighted by Crippen LogP contribution is 2.46. The number of piperidine rings is 1. The minimum Gasteiger partial charge on any atom is -0.355 e. The lowest BCUT2D eigenvalue weighted by atomic mass is 9.76. The number of fused-ring (bicyclic) bond motifs is 2. The van der Waals surface area contributed by atoms with E-state index < -0.39 is 0 Å². The van der Waals surface area contributed by atoms with E-state index in [0.717, 1.165) is 32.4 Å². The minimum absolute atomic E-state index is 0.119. The van der Waals surface area contributed by atoms with Gasteiger partial charge in [-0.1, -0.05) is 44.0 Å². The molecular formula is C18H27NO2. The number of benzene rings is 1. The van der Waals surface area contributed by atoms with Crippen LogP contribution in [0.1, 0.15) is 56.1 Å². The maximum atomic E-state index is 6.52. The van der Waals surface area contributed by atoms with Crippen LogP contribution >= 0.6 is 0 Å². The molecule has 3 nitrogen and oxygen atoms in total. The molecular weight excluding hydrogens is 262 g/mol. The van der Waals surface area contributed by atoms with Gasteiger partial charge < -0.3 is 14.8 Å². The Morgan fingerprint density at radius 3 is 2.95 bits per heavy atom. The highest BCUT2D eigenvalue weighted by atomic mass is 16.7. The van der Waals surface area contributed by atoms with E-state index in [1.54, 1.807) is 7.11 Å². The van der Waals surface area contributed by atoms with Crippen molar-refractivity contribution in [2.45, 2.75) is 56.8 Å². The number of hydrogen-bond donors (Lipinski definition) is 1. The first-order valence-corrected chi connectivity index (χ1v) is 8.31. The Balaban J connectivity index is 1.99. The van der Waals surface area contributed by atoms with Gasteiger partial charge in [0, 0.05) is 19.6 Å². The van der Waals surface area contributed by atoms with Crippen LogP contribution in [0.4, 0.5) is 0 Å². The third kappa shape index (κ3) is 2.75. The quantitative estimate of drug-likeness (QED) is 0.919. The maximum absolute atomic E-state index is 6.52. The topological polar surface area (TPSA) is 30.5 Å². The Bertz CT molecular complexity index is 468. The standard InChI is InChI=1S/C18H27NO2/c1-3-4-8-15-14-9-5-6-10-16(14)18(21-17(15)20-2)11-7-12-19-13-18/h5-6,9-10,15,17,19H,3-4,7-8,11-13H2,1-2H3. The molecule has 1 saturated heterocycles. The summed E-state index contributed by atoms with van der Waals surface area (Å²) in [6.45, 7) is 4.22. The highest BCUT2D eigenvalue weighted by molar-refractivity contribution is 5.38. The zero-order chi connectivity index (χ0) is 14.7. The summed E-state index contributed by atoms with van der Waals surface area (Å²) in [5, 5.41) is 3.51. The van der Waals surface area contributed by atoms with Crippen LogP contribution in [-0.4, -0.2) is 26.5 Å². The average Bonchev–Trinajstić information content (AvgIpc) is 2.55. The zero-order valence-corrected chi connectivity index (χ0v) is 13.2. The molecule has 0 saturated carbocycles. The Kier molecular flexibility index (Phi) is 4.63. The Morgan fingerprint density at radius 1 is 1.38 bits per heavy atom. The molecule has 1 N–H and O–H groups in total. The molecule has 3 atom stereocenters. The van der Waals surface area contributed by atoms with Gasteiger partial charge in [-0.05, 0) is 36.9 Å². The molecule has 116 valence electrons. The Labute approximate surface area is 128 Å². The largest absolute Gasteiger partial charge is 0.355 e. The number of unbranched alkanes of at least 4 members (excludes halogenated alkanes) is 1. The minimum atomic E-state index is -0.196. The van der Waals surface area contributed by atoms with Crippen LogP contribution < -0.4 is 5.32 Å². The maximum Gasteiger partial charge on any atom is 0.165 e. The van der Waals surface area contributed by atoms with Crippen LogP contribution in [0.15, 0.2) is 24.3 Å². The van der Waals surface area contributed by atoms with E-state index in [2.05, 4.69) is 36.5 Å². The number of methoxy groups -OCH3 is 1. The molecule has 0 aromatic heterocycles. The van der Waals surface area contributed by atoms with E-state index >= 15 is 0 Å². The molecule has 21 heavy (non-hydrogen) atoms. The summed E-state index contributed by atoms with van der Waals surface area (Å²) in [6.07, 6.45) is 5.68. The zero-order valence-electron chi connectivity index (χ0n) is 13.2. The van der Waals surface area contributed by atoms with Gasteiger partial charge in [-0.3, -0.25) is 0 Å². The van der Waals surface area contributed by atoms with Crippen LogP contribution in [0.3, 0.4) is 0 Å². The summed E-state index contributed by atoms with van der Waals surface area (Å²) in [5.74, 6) is 0.360. The molecule has 2 aliphatic rings. The van der Waals surface area contributed by atoms with Crippen molar-refractivity contribution in [1.82, 2.24) is 5.32 Å². The van der Waals surface area contributed by atoms with Gasteiger partial charge in [-0.25, -0.2) is 0 Å². The predicted octanol–water partition coefficient (Wildman–Crippen LogP) is 3.54. The van der Waals surface area contributed by atoms with E-state index in [1.807, 2.05) is 0 Å². The molecule has 0 bridgehead atoms. The molecule has 1 fully saturated rings. The number of nitrogens with one attached hydrogen (secondary N) is 1. The summed E-state index contributed by atoms with van der Waals surface area (Å²) in [7, 11) is 1.78. The van der Waals surface area contributed by atoms with E-state index in [1.165, 1.54) is 24.0 Å². The third-order valence-electron chi connectivity index (χ3n) is 4.97. The van der Waals surface area contributed by atoms with Crippen LogP contribution in [0.2, 0.25) is 0 Å². The first kappa shape index (κ1) is 15.0. The van der Waals surface area contributed by atoms with E-state index in [-0.39, 0.29) is 11.9 Å². The fourth-order valence-corrected chi connectivity index (χ4v) is 3.89. The molecule has 1 spiro atoms. The molecule has 1 aromatic rings. The van der Waals surface area contributed by atoms with Crippen LogP contribution in [0, 0.1) is 0 Å². The van der Waals surface area contributed by atoms with E-state index in [9.17, 15) is 0 Å². The van der Waals surface area contributed by atoms with Crippen molar-refractivity contribution < 1.29 is 9.47 Å². The van der Waals surface area contributed by atoms with Crippen LogP contribution in [-0.2, 0) is 15.1 Å². The van der Waals surface area contributed by atoms with E-state index in [0.29, 0.717) is 5.92 Å². The van der Waals surface area contributed by atoms with E-state index in [4.69, 9.17) is 9.47 Å². The molecule has 3 unspecified atom stereocenters. The van der Waals surface area contributed by atoms with Gasteiger partial charge in [0.15, 0.2) is 6.29 Å². The van der Waals surface area contributed by atoms with Crippen molar-refractivity contribution in [2.75, 3.05) is 20.2 Å². The second-order valence-corrected chi connectivity index (χ2v) is 6.33. The summed E-state index contributed by atoms with van der Waals surface area (Å²) in [6, 6.07) is 8.83. The van der Waals surface area contributed by atoms with Crippen molar-refractivity contribution >= 4 is 0 Å². The van der Waals surface area contributed by atoms with Crippen LogP contribution in [0.25, 0.3) is 0 Å². The Morgan fingerprint density at radius 2 is 2.24 bits per heavy atom. The normalized spacial score (nSPS) is 32.1. The monoisotopic (exact) mass is 289 g/mol. The number of hydrogen-bond acceptors (Lipinski definition) is 3. The summed E-state index contributed by atoms with van der Waals surface area (Å²) in [5.41, 5.74) is 2.62. The molecule has 0 amide bonds. The van der Waals surface area contributed by atoms with Gasteiger partial charge in [0.1, 0.15) is 5.60 Å².